The SMILES string of the molecule is CCOC1CCC(C)CN1. The van der Waals surface area contributed by atoms with Crippen molar-refractivity contribution in [1.29, 1.82) is 0 Å². The van der Waals surface area contributed by atoms with Crippen molar-refractivity contribution in [2.24, 2.45) is 5.92 Å². The predicted octanol–water partition coefficient (Wildman–Crippen LogP) is 1.37. The summed E-state index contributed by atoms with van der Waals surface area (Å²) in [5.41, 5.74) is 0. The van der Waals surface area contributed by atoms with Crippen molar-refractivity contribution < 1.29 is 4.74 Å². The number of nitrogens with one attached hydrogen (secondary N) is 1. The van der Waals surface area contributed by atoms with Gasteiger partial charge in [-0.15, -0.1) is 0 Å². The fourth-order valence-corrected chi connectivity index (χ4v) is 1.32. The van der Waals surface area contributed by atoms with E-state index < -0.39 is 0 Å². The van der Waals surface area contributed by atoms with Crippen LogP contribution in [0.15, 0.2) is 0 Å². The van der Waals surface area contributed by atoms with Crippen LogP contribution in [0.4, 0.5) is 0 Å². The first-order valence-electron chi connectivity index (χ1n) is 4.18. The van der Waals surface area contributed by atoms with Gasteiger partial charge in [0.2, 0.25) is 0 Å². The first-order valence-corrected chi connectivity index (χ1v) is 4.18. The highest BCUT2D eigenvalue weighted by Crippen LogP contribution is 2.13. The third-order valence-corrected chi connectivity index (χ3v) is 1.98. The molecule has 1 aliphatic rings. The lowest BCUT2D eigenvalue weighted by molar-refractivity contribution is 0.0116. The van der Waals surface area contributed by atoms with E-state index in [2.05, 4.69) is 12.2 Å². The Kier molecular flexibility index (Phi) is 3.16. The average Bonchev–Trinajstić information content (AvgIpc) is 1.95. The van der Waals surface area contributed by atoms with E-state index >= 15 is 0 Å². The molecule has 1 saturated heterocycles. The maximum Gasteiger partial charge on any atom is 0.108 e. The number of hydrogen-bond donors (Lipinski definition) is 1. The van der Waals surface area contributed by atoms with Crippen LogP contribution in [-0.4, -0.2) is 19.4 Å². The van der Waals surface area contributed by atoms with Gasteiger partial charge in [-0.25, -0.2) is 0 Å². The van der Waals surface area contributed by atoms with Crippen LogP contribution in [0.5, 0.6) is 0 Å². The van der Waals surface area contributed by atoms with Gasteiger partial charge < -0.3 is 4.74 Å². The van der Waals surface area contributed by atoms with Gasteiger partial charge in [0.1, 0.15) is 6.23 Å². The van der Waals surface area contributed by atoms with E-state index in [1.165, 1.54) is 12.8 Å². The zero-order valence-electron chi connectivity index (χ0n) is 6.89. The highest BCUT2D eigenvalue weighted by Gasteiger charge is 2.16. The van der Waals surface area contributed by atoms with Gasteiger partial charge in [0.15, 0.2) is 0 Å². The van der Waals surface area contributed by atoms with Crippen molar-refractivity contribution in [2.75, 3.05) is 13.2 Å². The number of piperidine rings is 1. The second-order valence-electron chi connectivity index (χ2n) is 3.03. The van der Waals surface area contributed by atoms with Gasteiger partial charge in [0.05, 0.1) is 0 Å². The van der Waals surface area contributed by atoms with E-state index in [0.717, 1.165) is 19.1 Å². The van der Waals surface area contributed by atoms with E-state index in [9.17, 15) is 0 Å². The Morgan fingerprint density at radius 1 is 1.50 bits per heavy atom. The van der Waals surface area contributed by atoms with E-state index in [1.54, 1.807) is 0 Å². The Hall–Kier alpha value is -0.0800. The Bertz CT molecular complexity index is 87.3. The number of rotatable bonds is 2. The zero-order chi connectivity index (χ0) is 7.40. The summed E-state index contributed by atoms with van der Waals surface area (Å²) in [4.78, 5) is 0. The number of ether oxygens (including phenoxy) is 1. The molecule has 1 rings (SSSR count). The molecule has 1 fully saturated rings. The third kappa shape index (κ3) is 2.27. The van der Waals surface area contributed by atoms with Crippen molar-refractivity contribution in [1.82, 2.24) is 5.32 Å². The summed E-state index contributed by atoms with van der Waals surface area (Å²) in [5, 5.41) is 3.35. The highest BCUT2D eigenvalue weighted by molar-refractivity contribution is 4.68. The van der Waals surface area contributed by atoms with Crippen molar-refractivity contribution in [3.63, 3.8) is 0 Å². The van der Waals surface area contributed by atoms with Gasteiger partial charge in [-0.2, -0.15) is 0 Å². The largest absolute Gasteiger partial charge is 0.364 e. The molecule has 1 N–H and O–H groups in total. The van der Waals surface area contributed by atoms with Crippen LogP contribution in [-0.2, 0) is 4.74 Å². The molecule has 0 aromatic heterocycles. The summed E-state index contributed by atoms with van der Waals surface area (Å²) in [6.45, 7) is 6.26. The monoisotopic (exact) mass is 143 g/mol. The van der Waals surface area contributed by atoms with E-state index in [1.807, 2.05) is 6.92 Å². The van der Waals surface area contributed by atoms with Crippen molar-refractivity contribution >= 4 is 0 Å². The fraction of sp³-hybridized carbons (Fsp3) is 1.00. The minimum Gasteiger partial charge on any atom is -0.364 e. The van der Waals surface area contributed by atoms with Gasteiger partial charge in [-0.1, -0.05) is 6.92 Å². The van der Waals surface area contributed by atoms with Crippen LogP contribution in [0.3, 0.4) is 0 Å². The fourth-order valence-electron chi connectivity index (χ4n) is 1.32. The van der Waals surface area contributed by atoms with Gasteiger partial charge in [-0.3, -0.25) is 5.32 Å². The summed E-state index contributed by atoms with van der Waals surface area (Å²) >= 11 is 0. The molecule has 1 aliphatic heterocycles. The van der Waals surface area contributed by atoms with Crippen LogP contribution >= 0.6 is 0 Å². The predicted molar refractivity (Wildman–Crippen MR) is 41.8 cm³/mol. The second-order valence-corrected chi connectivity index (χ2v) is 3.03. The molecule has 1 heterocycles. The van der Waals surface area contributed by atoms with Gasteiger partial charge in [0, 0.05) is 13.2 Å². The average molecular weight is 143 g/mol. The molecule has 0 spiro atoms. The first kappa shape index (κ1) is 8.02. The summed E-state index contributed by atoms with van der Waals surface area (Å²) in [5.74, 6) is 0.830. The summed E-state index contributed by atoms with van der Waals surface area (Å²) in [7, 11) is 0. The van der Waals surface area contributed by atoms with Crippen LogP contribution in [0.25, 0.3) is 0 Å². The van der Waals surface area contributed by atoms with Crippen LogP contribution < -0.4 is 5.32 Å². The molecule has 10 heavy (non-hydrogen) atoms. The molecule has 60 valence electrons. The summed E-state index contributed by atoms with van der Waals surface area (Å²) < 4.78 is 5.42. The van der Waals surface area contributed by atoms with Crippen molar-refractivity contribution in [3.05, 3.63) is 0 Å². The molecule has 2 atom stereocenters. The molecular weight excluding hydrogens is 126 g/mol. The van der Waals surface area contributed by atoms with E-state index in [0.29, 0.717) is 6.23 Å². The van der Waals surface area contributed by atoms with E-state index in [-0.39, 0.29) is 0 Å². The number of hydrogen-bond acceptors (Lipinski definition) is 2. The molecule has 0 saturated carbocycles. The Morgan fingerprint density at radius 2 is 2.30 bits per heavy atom. The van der Waals surface area contributed by atoms with E-state index in [4.69, 9.17) is 4.74 Å². The molecular formula is C8H17NO. The quantitative estimate of drug-likeness (QED) is 0.630. The molecule has 2 heteroatoms. The molecule has 0 aromatic rings. The topological polar surface area (TPSA) is 21.3 Å². The first-order chi connectivity index (χ1) is 4.83. The molecule has 2 unspecified atom stereocenters. The van der Waals surface area contributed by atoms with Crippen LogP contribution in [0.2, 0.25) is 0 Å². The molecule has 2 nitrogen and oxygen atoms in total. The minimum atomic E-state index is 0.334. The lowest BCUT2D eigenvalue weighted by atomic mass is 10.0. The second kappa shape index (κ2) is 3.94. The molecule has 0 aliphatic carbocycles. The lowest BCUT2D eigenvalue weighted by Crippen LogP contribution is -2.39. The summed E-state index contributed by atoms with van der Waals surface area (Å²) in [6, 6.07) is 0. The van der Waals surface area contributed by atoms with Gasteiger partial charge >= 0.3 is 0 Å². The highest BCUT2D eigenvalue weighted by atomic mass is 16.5. The molecule has 0 bridgehead atoms. The maximum absolute atomic E-state index is 5.42. The Morgan fingerprint density at radius 3 is 2.80 bits per heavy atom. The maximum atomic E-state index is 5.42. The zero-order valence-corrected chi connectivity index (χ0v) is 6.89. The van der Waals surface area contributed by atoms with Crippen LogP contribution in [0.1, 0.15) is 26.7 Å². The van der Waals surface area contributed by atoms with Gasteiger partial charge in [-0.05, 0) is 25.7 Å². The molecule has 0 amide bonds. The normalized spacial score (nSPS) is 34.2. The molecule has 0 aromatic carbocycles. The standard InChI is InChI=1S/C8H17NO/c1-3-10-8-5-4-7(2)6-9-8/h7-9H,3-6H2,1-2H3. The third-order valence-electron chi connectivity index (χ3n) is 1.98. The Balaban J connectivity index is 2.13. The smallest absolute Gasteiger partial charge is 0.108 e. The van der Waals surface area contributed by atoms with Crippen molar-refractivity contribution in [3.8, 4) is 0 Å². The van der Waals surface area contributed by atoms with Gasteiger partial charge in [0.25, 0.3) is 0 Å². The van der Waals surface area contributed by atoms with Crippen LogP contribution in [0, 0.1) is 5.92 Å². The van der Waals surface area contributed by atoms with Crippen molar-refractivity contribution in [2.45, 2.75) is 32.9 Å². The molecule has 0 radical (unpaired) electrons. The lowest BCUT2D eigenvalue weighted by Gasteiger charge is -2.27. The minimum absolute atomic E-state index is 0.334. The Labute approximate surface area is 63.0 Å². The summed E-state index contributed by atoms with van der Waals surface area (Å²) in [6.07, 6.45) is 2.81.